The molecule has 0 saturated carbocycles. The average Bonchev–Trinajstić information content (AvgIpc) is 2.36. The summed E-state index contributed by atoms with van der Waals surface area (Å²) in [5.74, 6) is 2.24. The van der Waals surface area contributed by atoms with E-state index in [1.165, 1.54) is 30.4 Å². The van der Waals surface area contributed by atoms with Crippen LogP contribution in [0.5, 0.6) is 0 Å². The quantitative estimate of drug-likeness (QED) is 0.585. The van der Waals surface area contributed by atoms with E-state index in [4.69, 9.17) is 0 Å². The van der Waals surface area contributed by atoms with Crippen LogP contribution in [0.2, 0.25) is 0 Å². The second-order valence-corrected chi connectivity index (χ2v) is 6.71. The van der Waals surface area contributed by atoms with Gasteiger partial charge in [-0.25, -0.2) is 0 Å². The van der Waals surface area contributed by atoms with Crippen molar-refractivity contribution in [3.05, 3.63) is 46.5 Å². The zero-order valence-corrected chi connectivity index (χ0v) is 13.2. The van der Waals surface area contributed by atoms with Crippen LogP contribution in [0.1, 0.15) is 75.5 Å². The van der Waals surface area contributed by atoms with Gasteiger partial charge in [-0.05, 0) is 68.9 Å². The first-order chi connectivity index (χ1) is 8.99. The zero-order chi connectivity index (χ0) is 14.0. The predicted octanol–water partition coefficient (Wildman–Crippen LogP) is 5.97. The van der Waals surface area contributed by atoms with E-state index in [2.05, 4.69) is 58.9 Å². The molecule has 0 unspecified atom stereocenters. The molecule has 0 N–H and O–H groups in total. The minimum Gasteiger partial charge on any atom is -0.0856 e. The molecule has 1 aromatic rings. The van der Waals surface area contributed by atoms with Crippen molar-refractivity contribution in [1.82, 2.24) is 0 Å². The first kappa shape index (κ1) is 14.4. The van der Waals surface area contributed by atoms with Crippen LogP contribution in [-0.4, -0.2) is 0 Å². The topological polar surface area (TPSA) is 0 Å². The standard InChI is InChI=1S/C19H28/c1-13(2)6-8-15(4)18-11-9-16(5)17-10-7-14(3)12-19(17)18/h6-7,10,12,15-16,18H,8-9,11H2,1-5H3/t15-,16-,18+/m1/s1. The third-order valence-corrected chi connectivity index (χ3v) is 4.67. The SMILES string of the molecule is CC(C)=CC[C@@H](C)[C@@H]1CC[C@@H](C)c2ccc(C)cc21. The van der Waals surface area contributed by atoms with E-state index in [-0.39, 0.29) is 0 Å². The molecule has 1 aromatic carbocycles. The summed E-state index contributed by atoms with van der Waals surface area (Å²) in [5.41, 5.74) is 6.09. The molecular formula is C19H28. The lowest BCUT2D eigenvalue weighted by Gasteiger charge is -2.33. The molecule has 104 valence electrons. The molecular weight excluding hydrogens is 228 g/mol. The summed E-state index contributed by atoms with van der Waals surface area (Å²) < 4.78 is 0. The van der Waals surface area contributed by atoms with E-state index in [1.807, 2.05) is 0 Å². The van der Waals surface area contributed by atoms with E-state index >= 15 is 0 Å². The van der Waals surface area contributed by atoms with Crippen molar-refractivity contribution < 1.29 is 0 Å². The number of fused-ring (bicyclic) bond motifs is 1. The lowest BCUT2D eigenvalue weighted by atomic mass is 9.71. The van der Waals surface area contributed by atoms with Crippen molar-refractivity contribution >= 4 is 0 Å². The van der Waals surface area contributed by atoms with E-state index in [1.54, 1.807) is 11.1 Å². The first-order valence-corrected chi connectivity index (χ1v) is 7.73. The van der Waals surface area contributed by atoms with Gasteiger partial charge in [-0.2, -0.15) is 0 Å². The minimum atomic E-state index is 0.738. The molecule has 2 rings (SSSR count). The molecule has 0 aromatic heterocycles. The van der Waals surface area contributed by atoms with Crippen molar-refractivity contribution in [1.29, 1.82) is 0 Å². The Labute approximate surface area is 118 Å². The molecule has 0 nitrogen and oxygen atoms in total. The Morgan fingerprint density at radius 3 is 2.68 bits per heavy atom. The molecule has 0 bridgehead atoms. The number of aryl methyl sites for hydroxylation is 1. The van der Waals surface area contributed by atoms with Gasteiger partial charge in [-0.15, -0.1) is 0 Å². The van der Waals surface area contributed by atoms with Crippen LogP contribution in [0.3, 0.4) is 0 Å². The van der Waals surface area contributed by atoms with Crippen molar-refractivity contribution in [3.8, 4) is 0 Å². The average molecular weight is 256 g/mol. The van der Waals surface area contributed by atoms with Crippen LogP contribution in [-0.2, 0) is 0 Å². The summed E-state index contributed by atoms with van der Waals surface area (Å²) in [5, 5.41) is 0. The van der Waals surface area contributed by atoms with E-state index in [9.17, 15) is 0 Å². The maximum atomic E-state index is 2.44. The normalized spacial score (nSPS) is 23.6. The number of rotatable bonds is 3. The number of allylic oxidation sites excluding steroid dienone is 2. The Bertz CT molecular complexity index is 463. The number of hydrogen-bond acceptors (Lipinski definition) is 0. The largest absolute Gasteiger partial charge is 0.0856 e. The second kappa shape index (κ2) is 5.94. The minimum absolute atomic E-state index is 0.738. The Morgan fingerprint density at radius 1 is 1.26 bits per heavy atom. The predicted molar refractivity (Wildman–Crippen MR) is 84.8 cm³/mol. The van der Waals surface area contributed by atoms with Gasteiger partial charge in [0.2, 0.25) is 0 Å². The van der Waals surface area contributed by atoms with Gasteiger partial charge in [0.15, 0.2) is 0 Å². The Morgan fingerprint density at radius 2 is 2.00 bits per heavy atom. The van der Waals surface area contributed by atoms with Crippen molar-refractivity contribution in [2.75, 3.05) is 0 Å². The lowest BCUT2D eigenvalue weighted by molar-refractivity contribution is 0.389. The highest BCUT2D eigenvalue weighted by molar-refractivity contribution is 5.38. The first-order valence-electron chi connectivity index (χ1n) is 7.73. The molecule has 0 radical (unpaired) electrons. The monoisotopic (exact) mass is 256 g/mol. The fourth-order valence-corrected chi connectivity index (χ4v) is 3.38. The summed E-state index contributed by atoms with van der Waals surface area (Å²) in [6.07, 6.45) is 6.32. The molecule has 0 spiro atoms. The Hall–Kier alpha value is -1.04. The summed E-state index contributed by atoms with van der Waals surface area (Å²) >= 11 is 0. The van der Waals surface area contributed by atoms with E-state index < -0.39 is 0 Å². The maximum absolute atomic E-state index is 2.44. The molecule has 0 heteroatoms. The number of hydrogen-bond donors (Lipinski definition) is 0. The zero-order valence-electron chi connectivity index (χ0n) is 13.2. The van der Waals surface area contributed by atoms with Gasteiger partial charge in [-0.3, -0.25) is 0 Å². The van der Waals surface area contributed by atoms with Crippen LogP contribution in [0, 0.1) is 12.8 Å². The summed E-state index contributed by atoms with van der Waals surface area (Å²) in [6.45, 7) is 11.4. The molecule has 0 fully saturated rings. The van der Waals surface area contributed by atoms with E-state index in [0.29, 0.717) is 0 Å². The summed E-state index contributed by atoms with van der Waals surface area (Å²) in [6, 6.07) is 7.09. The molecule has 0 amide bonds. The molecule has 3 atom stereocenters. The third kappa shape index (κ3) is 3.29. The summed E-state index contributed by atoms with van der Waals surface area (Å²) in [4.78, 5) is 0. The molecule has 0 aliphatic heterocycles. The van der Waals surface area contributed by atoms with Gasteiger partial charge in [0.05, 0.1) is 0 Å². The molecule has 1 aliphatic rings. The van der Waals surface area contributed by atoms with Gasteiger partial charge in [0.1, 0.15) is 0 Å². The van der Waals surface area contributed by atoms with Crippen molar-refractivity contribution in [2.45, 2.75) is 65.7 Å². The highest BCUT2D eigenvalue weighted by Gasteiger charge is 2.27. The smallest absolute Gasteiger partial charge is 0.0130 e. The maximum Gasteiger partial charge on any atom is -0.0130 e. The fourth-order valence-electron chi connectivity index (χ4n) is 3.38. The van der Waals surface area contributed by atoms with Crippen LogP contribution in [0.25, 0.3) is 0 Å². The molecule has 19 heavy (non-hydrogen) atoms. The molecule has 0 heterocycles. The van der Waals surface area contributed by atoms with Crippen molar-refractivity contribution in [2.24, 2.45) is 5.92 Å². The van der Waals surface area contributed by atoms with Crippen molar-refractivity contribution in [3.63, 3.8) is 0 Å². The highest BCUT2D eigenvalue weighted by atomic mass is 14.3. The van der Waals surface area contributed by atoms with E-state index in [0.717, 1.165) is 17.8 Å². The van der Waals surface area contributed by atoms with Gasteiger partial charge in [0.25, 0.3) is 0 Å². The molecule has 1 aliphatic carbocycles. The van der Waals surface area contributed by atoms with Crippen LogP contribution < -0.4 is 0 Å². The Balaban J connectivity index is 2.27. The van der Waals surface area contributed by atoms with Gasteiger partial charge in [-0.1, -0.05) is 49.3 Å². The number of benzene rings is 1. The van der Waals surface area contributed by atoms with Crippen LogP contribution >= 0.6 is 0 Å². The van der Waals surface area contributed by atoms with Crippen LogP contribution in [0.4, 0.5) is 0 Å². The lowest BCUT2D eigenvalue weighted by Crippen LogP contribution is -2.18. The fraction of sp³-hybridized carbons (Fsp3) is 0.579. The molecule has 0 saturated heterocycles. The highest BCUT2D eigenvalue weighted by Crippen LogP contribution is 2.43. The van der Waals surface area contributed by atoms with Gasteiger partial charge < -0.3 is 0 Å². The van der Waals surface area contributed by atoms with Gasteiger partial charge in [0, 0.05) is 0 Å². The third-order valence-electron chi connectivity index (χ3n) is 4.67. The Kier molecular flexibility index (Phi) is 4.50. The van der Waals surface area contributed by atoms with Crippen LogP contribution in [0.15, 0.2) is 29.8 Å². The van der Waals surface area contributed by atoms with Gasteiger partial charge >= 0.3 is 0 Å². The second-order valence-electron chi connectivity index (χ2n) is 6.71. The summed E-state index contributed by atoms with van der Waals surface area (Å²) in [7, 11) is 0.